The fourth-order valence-electron chi connectivity index (χ4n) is 1.48. The summed E-state index contributed by atoms with van der Waals surface area (Å²) in [6, 6.07) is 0. The Hall–Kier alpha value is -1.90. The fraction of sp³-hybridized carbons (Fsp3) is 0.375. The molecule has 2 aromatic heterocycles. The van der Waals surface area contributed by atoms with Crippen LogP contribution in [0.25, 0.3) is 11.2 Å². The van der Waals surface area contributed by atoms with Gasteiger partial charge in [0.1, 0.15) is 0 Å². The number of aromatic amines is 1. The van der Waals surface area contributed by atoms with Crippen LogP contribution in [-0.2, 0) is 23.9 Å². The number of fused-ring (bicyclic) bond motifs is 1. The Morgan fingerprint density at radius 2 is 1.76 bits per heavy atom. The van der Waals surface area contributed by atoms with E-state index in [0.717, 1.165) is 15.4 Å². The Morgan fingerprint density at radius 3 is 2.29 bits per heavy atom. The van der Waals surface area contributed by atoms with Crippen LogP contribution in [0.15, 0.2) is 14.7 Å². The van der Waals surface area contributed by atoms with E-state index >= 15 is 0 Å². The highest BCUT2D eigenvalue weighted by Gasteiger charge is 2.18. The molecule has 17 heavy (non-hydrogen) atoms. The van der Waals surface area contributed by atoms with E-state index in [1.54, 1.807) is 0 Å². The van der Waals surface area contributed by atoms with Gasteiger partial charge < -0.3 is 4.98 Å². The van der Waals surface area contributed by atoms with Crippen LogP contribution in [0.1, 0.15) is 0 Å². The maximum Gasteiger partial charge on any atom is 0.332 e. The molecule has 2 aromatic rings. The van der Waals surface area contributed by atoms with E-state index in [2.05, 4.69) is 9.97 Å². The van der Waals surface area contributed by atoms with E-state index in [9.17, 15) is 18.0 Å². The van der Waals surface area contributed by atoms with Crippen LogP contribution in [0.5, 0.6) is 0 Å². The number of hydrogen-bond acceptors (Lipinski definition) is 5. The molecular formula is C8H10N4O4S. The Morgan fingerprint density at radius 1 is 1.18 bits per heavy atom. The zero-order valence-electron chi connectivity index (χ0n) is 9.38. The molecular weight excluding hydrogens is 248 g/mol. The summed E-state index contributed by atoms with van der Waals surface area (Å²) in [6.07, 6.45) is 0.966. The first-order chi connectivity index (χ1) is 7.73. The number of hydrogen-bond donors (Lipinski definition) is 1. The molecule has 0 bridgehead atoms. The van der Waals surface area contributed by atoms with Crippen molar-refractivity contribution < 1.29 is 8.42 Å². The standard InChI is InChI=1S/C8H10N4O4S/c1-11-5-4(6(13)12(2)8(11)14)9-7(10-5)17(3,15)16/h1-3H3,(H,9,10). The maximum absolute atomic E-state index is 11.7. The van der Waals surface area contributed by atoms with Crippen LogP contribution < -0.4 is 11.2 Å². The van der Waals surface area contributed by atoms with Gasteiger partial charge in [-0.15, -0.1) is 0 Å². The monoisotopic (exact) mass is 258 g/mol. The minimum Gasteiger partial charge on any atom is -0.323 e. The lowest BCUT2D eigenvalue weighted by molar-refractivity contribution is 0.595. The van der Waals surface area contributed by atoms with E-state index in [0.29, 0.717) is 0 Å². The van der Waals surface area contributed by atoms with Gasteiger partial charge in [-0.1, -0.05) is 0 Å². The van der Waals surface area contributed by atoms with Gasteiger partial charge in [0.2, 0.25) is 15.0 Å². The van der Waals surface area contributed by atoms with Crippen molar-refractivity contribution in [1.82, 2.24) is 19.1 Å². The molecule has 92 valence electrons. The van der Waals surface area contributed by atoms with Crippen molar-refractivity contribution in [1.29, 1.82) is 0 Å². The smallest absolute Gasteiger partial charge is 0.323 e. The summed E-state index contributed by atoms with van der Waals surface area (Å²) < 4.78 is 24.6. The van der Waals surface area contributed by atoms with Crippen molar-refractivity contribution in [2.24, 2.45) is 14.1 Å². The van der Waals surface area contributed by atoms with Crippen LogP contribution in [0.3, 0.4) is 0 Å². The van der Waals surface area contributed by atoms with E-state index < -0.39 is 21.1 Å². The number of imidazole rings is 1. The van der Waals surface area contributed by atoms with E-state index in [1.807, 2.05) is 0 Å². The first-order valence-corrected chi connectivity index (χ1v) is 6.48. The first-order valence-electron chi connectivity index (χ1n) is 4.59. The first kappa shape index (κ1) is 11.6. The molecule has 0 radical (unpaired) electrons. The van der Waals surface area contributed by atoms with Gasteiger partial charge in [0.25, 0.3) is 5.56 Å². The van der Waals surface area contributed by atoms with Gasteiger partial charge in [0, 0.05) is 20.4 Å². The number of sulfone groups is 1. The van der Waals surface area contributed by atoms with Gasteiger partial charge in [-0.25, -0.2) is 13.2 Å². The molecule has 0 aliphatic rings. The Bertz CT molecular complexity index is 824. The summed E-state index contributed by atoms with van der Waals surface area (Å²) in [5.74, 6) is 0. The number of H-pyrrole nitrogens is 1. The average molecular weight is 258 g/mol. The fourth-order valence-corrected chi connectivity index (χ4v) is 2.02. The second-order valence-electron chi connectivity index (χ2n) is 3.72. The minimum atomic E-state index is -3.55. The van der Waals surface area contributed by atoms with Gasteiger partial charge in [0.15, 0.2) is 11.2 Å². The van der Waals surface area contributed by atoms with Crippen LogP contribution in [0, 0.1) is 0 Å². The maximum atomic E-state index is 11.7. The molecule has 0 spiro atoms. The molecule has 0 saturated carbocycles. The topological polar surface area (TPSA) is 107 Å². The molecule has 0 unspecified atom stereocenters. The summed E-state index contributed by atoms with van der Waals surface area (Å²) in [6.45, 7) is 0. The third kappa shape index (κ3) is 1.58. The van der Waals surface area contributed by atoms with Gasteiger partial charge in [-0.05, 0) is 0 Å². The van der Waals surface area contributed by atoms with Crippen molar-refractivity contribution in [2.75, 3.05) is 6.26 Å². The van der Waals surface area contributed by atoms with Crippen molar-refractivity contribution in [3.63, 3.8) is 0 Å². The predicted molar refractivity (Wildman–Crippen MR) is 59.7 cm³/mol. The van der Waals surface area contributed by atoms with Crippen molar-refractivity contribution in [3.05, 3.63) is 20.8 Å². The average Bonchev–Trinajstić information content (AvgIpc) is 2.67. The number of aryl methyl sites for hydroxylation is 1. The van der Waals surface area contributed by atoms with Crippen molar-refractivity contribution in [3.8, 4) is 0 Å². The Balaban J connectivity index is 3.07. The number of rotatable bonds is 1. The summed E-state index contributed by atoms with van der Waals surface area (Å²) >= 11 is 0. The van der Waals surface area contributed by atoms with E-state index in [1.165, 1.54) is 14.1 Å². The SMILES string of the molecule is Cn1c(=O)c2[nH]c(S(C)(=O)=O)nc2n(C)c1=O. The molecule has 0 saturated heterocycles. The molecule has 0 atom stereocenters. The van der Waals surface area contributed by atoms with Crippen LogP contribution in [-0.4, -0.2) is 33.8 Å². The van der Waals surface area contributed by atoms with Crippen LogP contribution >= 0.6 is 0 Å². The number of aromatic nitrogens is 4. The van der Waals surface area contributed by atoms with E-state index in [4.69, 9.17) is 0 Å². The molecule has 0 amide bonds. The summed E-state index contributed by atoms with van der Waals surface area (Å²) in [5.41, 5.74) is -1.15. The second kappa shape index (κ2) is 3.29. The Kier molecular flexibility index (Phi) is 2.24. The van der Waals surface area contributed by atoms with Gasteiger partial charge in [-0.3, -0.25) is 13.9 Å². The molecule has 9 heteroatoms. The molecule has 8 nitrogen and oxygen atoms in total. The Labute approximate surface area is 95.4 Å². The largest absolute Gasteiger partial charge is 0.332 e. The minimum absolute atomic E-state index is 0.00461. The van der Waals surface area contributed by atoms with E-state index in [-0.39, 0.29) is 16.3 Å². The predicted octanol–water partition coefficient (Wildman–Crippen LogP) is -1.64. The third-order valence-corrected chi connectivity index (χ3v) is 3.32. The lowest BCUT2D eigenvalue weighted by Crippen LogP contribution is -2.36. The quantitative estimate of drug-likeness (QED) is 0.660. The molecule has 2 heterocycles. The normalized spacial score (nSPS) is 12.2. The highest BCUT2D eigenvalue weighted by Crippen LogP contribution is 2.08. The molecule has 2 rings (SSSR count). The highest BCUT2D eigenvalue weighted by atomic mass is 32.2. The highest BCUT2D eigenvalue weighted by molar-refractivity contribution is 7.90. The zero-order valence-corrected chi connectivity index (χ0v) is 10.2. The van der Waals surface area contributed by atoms with Crippen LogP contribution in [0.2, 0.25) is 0 Å². The number of nitrogens with zero attached hydrogens (tertiary/aromatic N) is 3. The molecule has 0 aliphatic carbocycles. The third-order valence-electron chi connectivity index (χ3n) is 2.42. The van der Waals surface area contributed by atoms with Gasteiger partial charge in [0.05, 0.1) is 0 Å². The summed E-state index contributed by atoms with van der Waals surface area (Å²) in [5, 5.41) is -0.328. The molecule has 0 fully saturated rings. The lowest BCUT2D eigenvalue weighted by Gasteiger charge is -2.00. The second-order valence-corrected chi connectivity index (χ2v) is 5.65. The van der Waals surface area contributed by atoms with Gasteiger partial charge in [-0.2, -0.15) is 4.98 Å². The lowest BCUT2D eigenvalue weighted by atomic mass is 10.5. The molecule has 0 aliphatic heterocycles. The molecule has 0 aromatic carbocycles. The summed E-state index contributed by atoms with van der Waals surface area (Å²) in [7, 11) is -0.830. The number of nitrogens with one attached hydrogen (secondary N) is 1. The molecule has 1 N–H and O–H groups in total. The van der Waals surface area contributed by atoms with Gasteiger partial charge >= 0.3 is 5.69 Å². The van der Waals surface area contributed by atoms with Crippen LogP contribution in [0.4, 0.5) is 0 Å². The summed E-state index contributed by atoms with van der Waals surface area (Å²) in [4.78, 5) is 29.5. The van der Waals surface area contributed by atoms with Crippen molar-refractivity contribution >= 4 is 21.0 Å². The zero-order chi connectivity index (χ0) is 13.0. The van der Waals surface area contributed by atoms with Crippen molar-refractivity contribution in [2.45, 2.75) is 5.16 Å².